The lowest BCUT2D eigenvalue weighted by Crippen LogP contribution is -2.31. The van der Waals surface area contributed by atoms with Crippen LogP contribution in [0.2, 0.25) is 0 Å². The molecular weight excluding hydrogens is 446 g/mol. The van der Waals surface area contributed by atoms with Crippen molar-refractivity contribution in [3.63, 3.8) is 0 Å². The lowest BCUT2D eigenvalue weighted by molar-refractivity contribution is 0.0282. The van der Waals surface area contributed by atoms with E-state index >= 15 is 8.78 Å². The van der Waals surface area contributed by atoms with E-state index in [4.69, 9.17) is 0 Å². The summed E-state index contributed by atoms with van der Waals surface area (Å²) in [6.45, 7) is 4.77. The van der Waals surface area contributed by atoms with Crippen molar-refractivity contribution in [3.05, 3.63) is 47.5 Å². The summed E-state index contributed by atoms with van der Waals surface area (Å²) in [5.74, 6) is -1.83. The van der Waals surface area contributed by atoms with Gasteiger partial charge in [0.2, 0.25) is 5.82 Å². The van der Waals surface area contributed by atoms with Crippen LogP contribution < -0.4 is 5.32 Å². The number of nitrogens with zero attached hydrogens (tertiary/aromatic N) is 5. The van der Waals surface area contributed by atoms with Gasteiger partial charge in [-0.1, -0.05) is 56.5 Å². The first kappa shape index (κ1) is 23.7. The van der Waals surface area contributed by atoms with E-state index in [-0.39, 0.29) is 34.8 Å². The Bertz CT molecular complexity index is 1220. The Hall–Kier alpha value is -3.08. The largest absolute Gasteiger partial charge is 0.365 e. The average molecular weight is 479 g/mol. The first-order chi connectivity index (χ1) is 16.9. The number of fused-ring (bicyclic) bond motifs is 1. The maximum Gasteiger partial charge on any atom is 0.330 e. The number of imidazole rings is 1. The molecule has 2 saturated carbocycles. The van der Waals surface area contributed by atoms with Crippen LogP contribution in [-0.4, -0.2) is 25.6 Å². The summed E-state index contributed by atoms with van der Waals surface area (Å²) in [7, 11) is 0. The van der Waals surface area contributed by atoms with Gasteiger partial charge >= 0.3 is 5.92 Å². The molecule has 1 N–H and O–H groups in total. The van der Waals surface area contributed by atoms with Gasteiger partial charge in [-0.2, -0.15) is 24.0 Å². The Labute approximate surface area is 204 Å². The van der Waals surface area contributed by atoms with Crippen molar-refractivity contribution in [2.24, 2.45) is 17.8 Å². The number of nitriles is 1. The molecule has 2 fully saturated rings. The maximum absolute atomic E-state index is 16.0. The SMILES string of the molecule is C[C@@H](Nc1nc(C#N)nc2nc(C(F)(F)c3ccccc3)n(C[C@H]3CC[C@H](C)CC3)c12)C1CCC1. The Morgan fingerprint density at radius 3 is 2.43 bits per heavy atom. The number of hydrogen-bond acceptors (Lipinski definition) is 5. The zero-order chi connectivity index (χ0) is 24.6. The zero-order valence-corrected chi connectivity index (χ0v) is 20.3. The summed E-state index contributed by atoms with van der Waals surface area (Å²) in [6, 6.07) is 9.89. The predicted molar refractivity (Wildman–Crippen MR) is 131 cm³/mol. The fraction of sp³-hybridized carbons (Fsp3) is 0.556. The minimum absolute atomic E-state index is 0.0634. The number of halogens is 2. The minimum Gasteiger partial charge on any atom is -0.365 e. The molecule has 2 aliphatic carbocycles. The van der Waals surface area contributed by atoms with Crippen LogP contribution in [0.3, 0.4) is 0 Å². The van der Waals surface area contributed by atoms with Gasteiger partial charge in [0.05, 0.1) is 0 Å². The number of hydrogen-bond donors (Lipinski definition) is 1. The fourth-order valence-corrected chi connectivity index (χ4v) is 5.42. The number of alkyl halides is 2. The van der Waals surface area contributed by atoms with Gasteiger partial charge in [-0.05, 0) is 50.4 Å². The third-order valence-corrected chi connectivity index (χ3v) is 7.92. The van der Waals surface area contributed by atoms with Gasteiger partial charge in [0.15, 0.2) is 17.3 Å². The quantitative estimate of drug-likeness (QED) is 0.433. The number of benzene rings is 1. The van der Waals surface area contributed by atoms with Gasteiger partial charge in [-0.25, -0.2) is 4.98 Å². The highest BCUT2D eigenvalue weighted by Gasteiger charge is 2.41. The number of anilines is 1. The van der Waals surface area contributed by atoms with Crippen LogP contribution in [0.25, 0.3) is 11.2 Å². The fourth-order valence-electron chi connectivity index (χ4n) is 5.42. The number of aromatic nitrogens is 4. The van der Waals surface area contributed by atoms with E-state index in [0.717, 1.165) is 38.5 Å². The van der Waals surface area contributed by atoms with Crippen LogP contribution in [0.1, 0.15) is 76.0 Å². The van der Waals surface area contributed by atoms with Gasteiger partial charge in [0.1, 0.15) is 11.6 Å². The molecule has 2 heterocycles. The Balaban J connectivity index is 1.65. The van der Waals surface area contributed by atoms with Crippen molar-refractivity contribution in [1.82, 2.24) is 19.5 Å². The van der Waals surface area contributed by atoms with Crippen LogP contribution in [-0.2, 0) is 12.5 Å². The molecule has 184 valence electrons. The molecule has 0 aliphatic heterocycles. The topological polar surface area (TPSA) is 79.4 Å². The summed E-state index contributed by atoms with van der Waals surface area (Å²) in [4.78, 5) is 13.1. The van der Waals surface area contributed by atoms with Gasteiger partial charge in [0.25, 0.3) is 0 Å². The standard InChI is InChI=1S/C27H32F2N6/c1-17-11-13-19(14-12-17)16-35-23-24(31-18(2)20-7-6-8-20)32-22(15-30)33-25(23)34-26(35)27(28,29)21-9-4-3-5-10-21/h3-5,9-10,17-20H,6-8,11-14,16H2,1-2H3,(H,31,32,33)/t17-,18-,19-/m1/s1. The van der Waals surface area contributed by atoms with Crippen molar-refractivity contribution >= 4 is 17.0 Å². The Kier molecular flexibility index (Phi) is 6.43. The van der Waals surface area contributed by atoms with E-state index in [1.165, 1.54) is 18.6 Å². The molecule has 0 spiro atoms. The third-order valence-electron chi connectivity index (χ3n) is 7.92. The van der Waals surface area contributed by atoms with Gasteiger partial charge in [-0.3, -0.25) is 0 Å². The minimum atomic E-state index is -3.31. The second kappa shape index (κ2) is 9.52. The molecule has 2 aliphatic rings. The summed E-state index contributed by atoms with van der Waals surface area (Å²) in [5.41, 5.74) is 0.508. The van der Waals surface area contributed by atoms with E-state index in [0.29, 0.717) is 29.7 Å². The third kappa shape index (κ3) is 4.61. The first-order valence-corrected chi connectivity index (χ1v) is 12.8. The molecule has 0 saturated heterocycles. The first-order valence-electron chi connectivity index (χ1n) is 12.8. The van der Waals surface area contributed by atoms with Crippen LogP contribution in [0.4, 0.5) is 14.6 Å². The summed E-state index contributed by atoms with van der Waals surface area (Å²) < 4.78 is 33.5. The van der Waals surface area contributed by atoms with Crippen molar-refractivity contribution in [2.45, 2.75) is 77.3 Å². The molecule has 1 atom stereocenters. The summed E-state index contributed by atoms with van der Waals surface area (Å²) in [5, 5.41) is 13.0. The molecule has 0 radical (unpaired) electrons. The smallest absolute Gasteiger partial charge is 0.330 e. The molecule has 5 rings (SSSR count). The molecule has 8 heteroatoms. The zero-order valence-electron chi connectivity index (χ0n) is 20.3. The predicted octanol–water partition coefficient (Wildman–Crippen LogP) is 6.26. The van der Waals surface area contributed by atoms with Gasteiger partial charge in [0, 0.05) is 18.2 Å². The van der Waals surface area contributed by atoms with E-state index in [9.17, 15) is 5.26 Å². The maximum atomic E-state index is 16.0. The number of rotatable bonds is 7. The Morgan fingerprint density at radius 1 is 1.09 bits per heavy atom. The molecule has 0 bridgehead atoms. The number of nitrogens with one attached hydrogen (secondary N) is 1. The van der Waals surface area contributed by atoms with Gasteiger partial charge < -0.3 is 9.88 Å². The molecule has 0 amide bonds. The summed E-state index contributed by atoms with van der Waals surface area (Å²) >= 11 is 0. The van der Waals surface area contributed by atoms with E-state index in [1.807, 2.05) is 6.07 Å². The Morgan fingerprint density at radius 2 is 1.80 bits per heavy atom. The lowest BCUT2D eigenvalue weighted by Gasteiger charge is -2.32. The lowest BCUT2D eigenvalue weighted by atomic mass is 9.80. The second-order valence-electron chi connectivity index (χ2n) is 10.4. The normalized spacial score (nSPS) is 21.9. The summed E-state index contributed by atoms with van der Waals surface area (Å²) in [6.07, 6.45) is 7.64. The molecule has 0 unspecified atom stereocenters. The van der Waals surface area contributed by atoms with Crippen molar-refractivity contribution in [2.75, 3.05) is 5.32 Å². The monoisotopic (exact) mass is 478 g/mol. The van der Waals surface area contributed by atoms with Crippen molar-refractivity contribution in [3.8, 4) is 6.07 Å². The molecule has 3 aromatic rings. The molecule has 2 aromatic heterocycles. The molecule has 6 nitrogen and oxygen atoms in total. The van der Waals surface area contributed by atoms with Crippen LogP contribution in [0.15, 0.2) is 30.3 Å². The molecule has 35 heavy (non-hydrogen) atoms. The highest BCUT2D eigenvalue weighted by molar-refractivity contribution is 5.84. The van der Waals surface area contributed by atoms with E-state index in [1.54, 1.807) is 22.8 Å². The molecule has 1 aromatic carbocycles. The van der Waals surface area contributed by atoms with Crippen LogP contribution >= 0.6 is 0 Å². The second-order valence-corrected chi connectivity index (χ2v) is 10.4. The average Bonchev–Trinajstić information content (AvgIpc) is 3.19. The van der Waals surface area contributed by atoms with Gasteiger partial charge in [-0.15, -0.1) is 0 Å². The molecular formula is C27H32F2N6. The highest BCUT2D eigenvalue weighted by Crippen LogP contribution is 2.40. The van der Waals surface area contributed by atoms with E-state index < -0.39 is 5.92 Å². The highest BCUT2D eigenvalue weighted by atomic mass is 19.3. The van der Waals surface area contributed by atoms with Crippen LogP contribution in [0, 0.1) is 29.1 Å². The van der Waals surface area contributed by atoms with Crippen molar-refractivity contribution < 1.29 is 8.78 Å². The van der Waals surface area contributed by atoms with E-state index in [2.05, 4.69) is 34.1 Å². The van der Waals surface area contributed by atoms with Crippen LogP contribution in [0.5, 0.6) is 0 Å². The van der Waals surface area contributed by atoms with Crippen molar-refractivity contribution in [1.29, 1.82) is 5.26 Å².